The van der Waals surface area contributed by atoms with Gasteiger partial charge in [0.1, 0.15) is 12.4 Å². The molecule has 17 heavy (non-hydrogen) atoms. The second-order valence-corrected chi connectivity index (χ2v) is 5.24. The number of aliphatic hydroxyl groups excluding tert-OH is 1. The van der Waals surface area contributed by atoms with Gasteiger partial charge >= 0.3 is 0 Å². The van der Waals surface area contributed by atoms with Crippen LogP contribution in [0.15, 0.2) is 22.7 Å². The highest BCUT2D eigenvalue weighted by Gasteiger charge is 2.13. The summed E-state index contributed by atoms with van der Waals surface area (Å²) in [5, 5.41) is 12.8. The molecule has 1 atom stereocenters. The van der Waals surface area contributed by atoms with Crippen molar-refractivity contribution in [3.63, 3.8) is 0 Å². The number of para-hydroxylation sites is 1. The lowest BCUT2D eigenvalue weighted by atomic mass is 10.1. The highest BCUT2D eigenvalue weighted by molar-refractivity contribution is 9.10. The van der Waals surface area contributed by atoms with Crippen LogP contribution in [0, 0.1) is 5.92 Å². The van der Waals surface area contributed by atoms with E-state index in [1.165, 1.54) is 0 Å². The van der Waals surface area contributed by atoms with Crippen molar-refractivity contribution in [3.05, 3.63) is 28.2 Å². The summed E-state index contributed by atoms with van der Waals surface area (Å²) in [6, 6.07) is 5.93. The first-order valence-electron chi connectivity index (χ1n) is 5.79. The monoisotopic (exact) mass is 301 g/mol. The third-order valence-electron chi connectivity index (χ3n) is 2.58. The Balaban J connectivity index is 2.74. The van der Waals surface area contributed by atoms with Crippen LogP contribution in [0.2, 0.25) is 0 Å². The third kappa shape index (κ3) is 4.30. The van der Waals surface area contributed by atoms with Crippen molar-refractivity contribution in [2.45, 2.75) is 26.5 Å². The van der Waals surface area contributed by atoms with Crippen molar-refractivity contribution in [1.29, 1.82) is 0 Å². The molecule has 0 aliphatic rings. The summed E-state index contributed by atoms with van der Waals surface area (Å²) < 4.78 is 6.62. The van der Waals surface area contributed by atoms with Crippen molar-refractivity contribution < 1.29 is 9.84 Å². The molecule has 0 aromatic heterocycles. The molecule has 1 aromatic carbocycles. The van der Waals surface area contributed by atoms with Crippen molar-refractivity contribution in [2.75, 3.05) is 13.7 Å². The number of hydrogen-bond acceptors (Lipinski definition) is 3. The minimum absolute atomic E-state index is 0.199. The van der Waals surface area contributed by atoms with Crippen molar-refractivity contribution in [1.82, 2.24) is 5.32 Å². The number of rotatable bonds is 6. The Morgan fingerprint density at radius 3 is 2.71 bits per heavy atom. The first kappa shape index (κ1) is 14.5. The predicted octanol–water partition coefficient (Wildman–Crippen LogP) is 2.56. The van der Waals surface area contributed by atoms with Gasteiger partial charge < -0.3 is 15.2 Å². The average molecular weight is 302 g/mol. The molecule has 0 bridgehead atoms. The zero-order chi connectivity index (χ0) is 12.8. The maximum absolute atomic E-state index is 9.74. The lowest BCUT2D eigenvalue weighted by Crippen LogP contribution is -2.24. The first-order valence-corrected chi connectivity index (χ1v) is 6.58. The first-order chi connectivity index (χ1) is 8.06. The number of halogens is 1. The van der Waals surface area contributed by atoms with E-state index in [-0.39, 0.29) is 5.92 Å². The molecule has 0 aliphatic heterocycles. The van der Waals surface area contributed by atoms with E-state index in [2.05, 4.69) is 21.2 Å². The van der Waals surface area contributed by atoms with Gasteiger partial charge in [-0.25, -0.2) is 0 Å². The fourth-order valence-electron chi connectivity index (χ4n) is 1.41. The normalized spacial score (nSPS) is 12.8. The van der Waals surface area contributed by atoms with E-state index in [1.807, 2.05) is 39.1 Å². The lowest BCUT2D eigenvalue weighted by Gasteiger charge is -2.18. The summed E-state index contributed by atoms with van der Waals surface area (Å²) in [4.78, 5) is 0. The van der Waals surface area contributed by atoms with E-state index >= 15 is 0 Å². The third-order valence-corrected chi connectivity index (χ3v) is 3.21. The largest absolute Gasteiger partial charge is 0.489 e. The molecule has 0 radical (unpaired) electrons. The summed E-state index contributed by atoms with van der Waals surface area (Å²) in [6.07, 6.45) is -0.440. The number of ether oxygens (including phenoxy) is 1. The van der Waals surface area contributed by atoms with Crippen LogP contribution in [0.1, 0.15) is 19.4 Å². The Morgan fingerprint density at radius 1 is 1.41 bits per heavy atom. The van der Waals surface area contributed by atoms with Gasteiger partial charge in [0.2, 0.25) is 0 Å². The Labute approximate surface area is 111 Å². The Morgan fingerprint density at radius 2 is 2.12 bits per heavy atom. The SMILES string of the molecule is CNCc1cccc(Br)c1OCC(O)C(C)C. The summed E-state index contributed by atoms with van der Waals surface area (Å²) in [6.45, 7) is 5.01. The van der Waals surface area contributed by atoms with Gasteiger partial charge in [0, 0.05) is 12.1 Å². The van der Waals surface area contributed by atoms with E-state index in [4.69, 9.17) is 4.74 Å². The van der Waals surface area contributed by atoms with Gasteiger partial charge in [-0.3, -0.25) is 0 Å². The summed E-state index contributed by atoms with van der Waals surface area (Å²) in [5.41, 5.74) is 1.08. The standard InChI is InChI=1S/C13H20BrNO2/c1-9(2)12(16)8-17-13-10(7-15-3)5-4-6-11(13)14/h4-6,9,12,15-16H,7-8H2,1-3H3. The van der Waals surface area contributed by atoms with E-state index in [0.717, 1.165) is 22.3 Å². The van der Waals surface area contributed by atoms with Crippen LogP contribution in [0.4, 0.5) is 0 Å². The summed E-state index contributed by atoms with van der Waals surface area (Å²) >= 11 is 3.47. The topological polar surface area (TPSA) is 41.5 Å². The molecular weight excluding hydrogens is 282 g/mol. The smallest absolute Gasteiger partial charge is 0.138 e. The number of aliphatic hydroxyl groups is 1. The number of nitrogens with one attached hydrogen (secondary N) is 1. The maximum atomic E-state index is 9.74. The Hall–Kier alpha value is -0.580. The van der Waals surface area contributed by atoms with Crippen LogP contribution in [0.25, 0.3) is 0 Å². The zero-order valence-corrected chi connectivity index (χ0v) is 12.1. The van der Waals surface area contributed by atoms with Crippen molar-refractivity contribution >= 4 is 15.9 Å². The summed E-state index contributed by atoms with van der Waals surface area (Å²) in [5.74, 6) is 1.01. The van der Waals surface area contributed by atoms with E-state index in [1.54, 1.807) is 0 Å². The zero-order valence-electron chi connectivity index (χ0n) is 10.5. The minimum atomic E-state index is -0.440. The van der Waals surface area contributed by atoms with Gasteiger partial charge in [0.15, 0.2) is 0 Å². The second kappa shape index (κ2) is 6.99. The maximum Gasteiger partial charge on any atom is 0.138 e. The molecule has 0 saturated carbocycles. The van der Waals surface area contributed by atoms with Crippen LogP contribution in [-0.2, 0) is 6.54 Å². The predicted molar refractivity (Wildman–Crippen MR) is 73.2 cm³/mol. The highest BCUT2D eigenvalue weighted by Crippen LogP contribution is 2.29. The molecule has 4 heteroatoms. The Bertz CT molecular complexity index is 355. The minimum Gasteiger partial charge on any atom is -0.489 e. The average Bonchev–Trinajstić information content (AvgIpc) is 2.28. The molecule has 0 fully saturated rings. The van der Waals surface area contributed by atoms with Crippen LogP contribution in [-0.4, -0.2) is 24.9 Å². The molecule has 0 amide bonds. The highest BCUT2D eigenvalue weighted by atomic mass is 79.9. The van der Waals surface area contributed by atoms with Gasteiger partial charge in [-0.1, -0.05) is 26.0 Å². The quantitative estimate of drug-likeness (QED) is 0.848. The van der Waals surface area contributed by atoms with Crippen LogP contribution in [0.3, 0.4) is 0 Å². The van der Waals surface area contributed by atoms with Crippen LogP contribution < -0.4 is 10.1 Å². The molecule has 2 N–H and O–H groups in total. The molecule has 1 rings (SSSR count). The van der Waals surface area contributed by atoms with Gasteiger partial charge in [0.25, 0.3) is 0 Å². The van der Waals surface area contributed by atoms with Gasteiger partial charge in [-0.05, 0) is 35.0 Å². The Kier molecular flexibility index (Phi) is 5.95. The molecule has 96 valence electrons. The van der Waals surface area contributed by atoms with Gasteiger partial charge in [-0.15, -0.1) is 0 Å². The molecule has 0 aliphatic carbocycles. The van der Waals surface area contributed by atoms with Crippen molar-refractivity contribution in [3.8, 4) is 5.75 Å². The van der Waals surface area contributed by atoms with E-state index in [0.29, 0.717) is 6.61 Å². The number of benzene rings is 1. The molecule has 0 spiro atoms. The van der Waals surface area contributed by atoms with Gasteiger partial charge in [-0.2, -0.15) is 0 Å². The fraction of sp³-hybridized carbons (Fsp3) is 0.538. The molecule has 0 heterocycles. The molecule has 0 saturated heterocycles. The van der Waals surface area contributed by atoms with E-state index in [9.17, 15) is 5.11 Å². The number of hydrogen-bond donors (Lipinski definition) is 2. The second-order valence-electron chi connectivity index (χ2n) is 4.38. The molecular formula is C13H20BrNO2. The lowest BCUT2D eigenvalue weighted by molar-refractivity contribution is 0.0694. The van der Waals surface area contributed by atoms with Gasteiger partial charge in [0.05, 0.1) is 10.6 Å². The van der Waals surface area contributed by atoms with E-state index < -0.39 is 6.10 Å². The van der Waals surface area contributed by atoms with Crippen molar-refractivity contribution in [2.24, 2.45) is 5.92 Å². The fourth-order valence-corrected chi connectivity index (χ4v) is 1.93. The van der Waals surface area contributed by atoms with Crippen LogP contribution >= 0.6 is 15.9 Å². The molecule has 1 unspecified atom stereocenters. The van der Waals surface area contributed by atoms with Crippen LogP contribution in [0.5, 0.6) is 5.75 Å². The molecule has 1 aromatic rings. The summed E-state index contributed by atoms with van der Waals surface area (Å²) in [7, 11) is 1.90. The molecule has 3 nitrogen and oxygen atoms in total.